The number of rotatable bonds is 8. The number of hydrogen-bond acceptors (Lipinski definition) is 6. The van der Waals surface area contributed by atoms with Gasteiger partial charge in [-0.1, -0.05) is 154 Å². The highest BCUT2D eigenvalue weighted by Gasteiger charge is 2.34. The first-order chi connectivity index (χ1) is 30.7. The van der Waals surface area contributed by atoms with Crippen molar-refractivity contribution in [1.29, 1.82) is 0 Å². The summed E-state index contributed by atoms with van der Waals surface area (Å²) in [5, 5.41) is 12.1. The highest BCUT2D eigenvalue weighted by molar-refractivity contribution is 7.31. The second-order valence-electron chi connectivity index (χ2n) is 20.6. The van der Waals surface area contributed by atoms with Crippen LogP contribution in [0, 0.1) is 13.8 Å². The number of fused-ring (bicyclic) bond motifs is 1. The zero-order chi connectivity index (χ0) is 50.8. The summed E-state index contributed by atoms with van der Waals surface area (Å²) < 4.78 is 18.2. The van der Waals surface area contributed by atoms with Gasteiger partial charge in [0, 0.05) is 40.0 Å². The SMILES string of the molecule is C=C/C=c1/nccc/c1=C/COC(C)C.CC.CCC.CPOc1c(C(C)(C)C)cc(C(C)(C)C)c(C)c1-c1c(C)c(C(C)(C)C)cc(C(C)(C)C)c1OP.Oc1ccc2ncccc2c1. The summed E-state index contributed by atoms with van der Waals surface area (Å²) in [7, 11) is 2.88. The maximum atomic E-state index is 9.10. The minimum Gasteiger partial charge on any atom is -0.508 e. The largest absolute Gasteiger partial charge is 0.508 e. The topological polar surface area (TPSA) is 73.7 Å². The molecular formula is C58H88N2O4P2. The lowest BCUT2D eigenvalue weighted by atomic mass is 9.72. The van der Waals surface area contributed by atoms with E-state index in [4.69, 9.17) is 18.9 Å². The quantitative estimate of drug-likeness (QED) is 0.156. The highest BCUT2D eigenvalue weighted by Crippen LogP contribution is 2.53. The highest BCUT2D eigenvalue weighted by atomic mass is 31.1. The van der Waals surface area contributed by atoms with Gasteiger partial charge < -0.3 is 18.9 Å². The third-order valence-corrected chi connectivity index (χ3v) is 11.0. The van der Waals surface area contributed by atoms with Gasteiger partial charge in [0.2, 0.25) is 0 Å². The molecule has 2 heterocycles. The number of benzene rings is 3. The summed E-state index contributed by atoms with van der Waals surface area (Å²) in [4.78, 5) is 8.36. The molecule has 0 fully saturated rings. The van der Waals surface area contributed by atoms with E-state index in [1.807, 2.05) is 64.1 Å². The van der Waals surface area contributed by atoms with Crippen LogP contribution in [0.2, 0.25) is 0 Å². The monoisotopic (exact) mass is 939 g/mol. The standard InChI is InChI=1S/C31H50O2P2.C13H17NO.C9H7NO.C3H8.C2H6/c1-18-20(28(3,4)5)16-22(30(9,10)11)26(32-34)24(18)25-19(2)21(29(6,7)8)17-23(31(12,13)14)27(25)33-35-15;1-4-6-13-12(7-5-9-14-13)8-10-15-11(2)3;11-8-3-4-9-7(6-8)2-1-5-10-9;1-3-2;1-2/h16-17,35H,34H2,1-15H3;4-9,11H,1,10H2,2-3H3;1-6,11H;3H2,1-2H3;1-2H3/b;12-8-,13-6+;;;. The van der Waals surface area contributed by atoms with Crippen LogP contribution in [0.15, 0.2) is 79.6 Å². The molecule has 1 N–H and O–H groups in total. The minimum absolute atomic E-state index is 0.00372. The normalized spacial score (nSPS) is 12.3. The number of aromatic hydroxyl groups is 1. The lowest BCUT2D eigenvalue weighted by molar-refractivity contribution is 0.109. The smallest absolute Gasteiger partial charge is 0.134 e. The number of ether oxygens (including phenoxy) is 1. The van der Waals surface area contributed by atoms with Crippen molar-refractivity contribution in [2.45, 2.75) is 173 Å². The Kier molecular flexibility index (Phi) is 24.6. The summed E-state index contributed by atoms with van der Waals surface area (Å²) in [6.07, 6.45) is 10.7. The number of pyridine rings is 2. The molecule has 364 valence electrons. The molecule has 5 rings (SSSR count). The first kappa shape index (κ1) is 59.9. The van der Waals surface area contributed by atoms with Crippen LogP contribution >= 0.6 is 18.3 Å². The number of nitrogens with zero attached hydrogens (tertiary/aromatic N) is 2. The lowest BCUT2D eigenvalue weighted by Crippen LogP contribution is -2.27. The number of allylic oxidation sites excluding steroid dienone is 1. The summed E-state index contributed by atoms with van der Waals surface area (Å²) in [6, 6.07) is 17.6. The average molecular weight is 939 g/mol. The molecule has 0 saturated carbocycles. The Morgan fingerprint density at radius 1 is 0.712 bits per heavy atom. The van der Waals surface area contributed by atoms with Gasteiger partial charge in [-0.3, -0.25) is 9.97 Å². The Hall–Kier alpha value is -4.08. The predicted octanol–water partition coefficient (Wildman–Crippen LogP) is 15.6. The van der Waals surface area contributed by atoms with Crippen molar-refractivity contribution in [2.75, 3.05) is 13.3 Å². The molecule has 66 heavy (non-hydrogen) atoms. The van der Waals surface area contributed by atoms with Crippen molar-refractivity contribution in [2.24, 2.45) is 0 Å². The molecule has 2 aromatic heterocycles. The van der Waals surface area contributed by atoms with Crippen LogP contribution in [0.3, 0.4) is 0 Å². The molecule has 0 aliphatic carbocycles. The molecule has 0 spiro atoms. The van der Waals surface area contributed by atoms with E-state index in [1.165, 1.54) is 50.9 Å². The molecule has 2 atom stereocenters. The van der Waals surface area contributed by atoms with Gasteiger partial charge in [-0.2, -0.15) is 0 Å². The molecule has 8 heteroatoms. The van der Waals surface area contributed by atoms with Gasteiger partial charge in [-0.05, 0) is 126 Å². The number of hydrogen-bond donors (Lipinski definition) is 1. The average Bonchev–Trinajstić information content (AvgIpc) is 3.21. The summed E-state index contributed by atoms with van der Waals surface area (Å²) in [6.45, 7) is 50.7. The van der Waals surface area contributed by atoms with Crippen LogP contribution in [0.1, 0.15) is 164 Å². The van der Waals surface area contributed by atoms with Gasteiger partial charge in [0.05, 0.1) is 41.9 Å². The summed E-state index contributed by atoms with van der Waals surface area (Å²) in [5.74, 6) is 2.22. The lowest BCUT2D eigenvalue weighted by Gasteiger charge is -2.35. The zero-order valence-electron chi connectivity index (χ0n) is 44.9. The van der Waals surface area contributed by atoms with Gasteiger partial charge >= 0.3 is 0 Å². The molecule has 6 nitrogen and oxygen atoms in total. The number of phenolic OH excluding ortho intramolecular Hbond substituents is 1. The fraction of sp³-hybridized carbons (Fsp3) is 0.483. The Morgan fingerprint density at radius 2 is 1.18 bits per heavy atom. The number of phenols is 1. The van der Waals surface area contributed by atoms with Crippen LogP contribution in [-0.4, -0.2) is 34.5 Å². The van der Waals surface area contributed by atoms with E-state index >= 15 is 0 Å². The van der Waals surface area contributed by atoms with Crippen molar-refractivity contribution in [3.63, 3.8) is 0 Å². The molecule has 0 amide bonds. The van der Waals surface area contributed by atoms with E-state index in [1.54, 1.807) is 36.7 Å². The molecule has 0 radical (unpaired) electrons. The fourth-order valence-corrected chi connectivity index (χ4v) is 8.03. The molecule has 0 saturated heterocycles. The van der Waals surface area contributed by atoms with Crippen LogP contribution < -0.4 is 19.6 Å². The van der Waals surface area contributed by atoms with Gasteiger partial charge in [-0.25, -0.2) is 0 Å². The van der Waals surface area contributed by atoms with Crippen molar-refractivity contribution >= 4 is 41.3 Å². The van der Waals surface area contributed by atoms with Crippen molar-refractivity contribution in [3.8, 4) is 28.4 Å². The molecule has 2 unspecified atom stereocenters. The first-order valence-corrected chi connectivity index (χ1v) is 25.5. The van der Waals surface area contributed by atoms with Crippen molar-refractivity contribution in [1.82, 2.24) is 9.97 Å². The maximum Gasteiger partial charge on any atom is 0.134 e. The number of aromatic nitrogens is 2. The van der Waals surface area contributed by atoms with E-state index in [9.17, 15) is 0 Å². The Labute approximate surface area is 406 Å². The maximum absolute atomic E-state index is 9.10. The van der Waals surface area contributed by atoms with Crippen LogP contribution in [0.25, 0.3) is 34.2 Å². The Bertz CT molecular complexity index is 2410. The third kappa shape index (κ3) is 17.5. The molecule has 0 aliphatic heterocycles. The van der Waals surface area contributed by atoms with E-state index < -0.39 is 0 Å². The molecule has 3 aromatic carbocycles. The van der Waals surface area contributed by atoms with Gasteiger partial charge in [-0.15, -0.1) is 0 Å². The van der Waals surface area contributed by atoms with E-state index in [2.05, 4.69) is 156 Å². The van der Waals surface area contributed by atoms with Gasteiger partial charge in [0.1, 0.15) is 17.2 Å². The molecule has 0 bridgehead atoms. The van der Waals surface area contributed by atoms with Crippen LogP contribution in [-0.2, 0) is 26.4 Å². The van der Waals surface area contributed by atoms with Gasteiger partial charge in [0.25, 0.3) is 0 Å². The predicted molar refractivity (Wildman–Crippen MR) is 296 cm³/mol. The van der Waals surface area contributed by atoms with Crippen molar-refractivity contribution < 1.29 is 18.9 Å². The Morgan fingerprint density at radius 3 is 1.64 bits per heavy atom. The van der Waals surface area contributed by atoms with Crippen LogP contribution in [0.5, 0.6) is 17.2 Å². The minimum atomic E-state index is -0.0791. The van der Waals surface area contributed by atoms with E-state index in [0.29, 0.717) is 15.4 Å². The van der Waals surface area contributed by atoms with Gasteiger partial charge in [0.15, 0.2) is 0 Å². The first-order valence-electron chi connectivity index (χ1n) is 23.7. The van der Waals surface area contributed by atoms with E-state index in [-0.39, 0.29) is 33.5 Å². The van der Waals surface area contributed by atoms with Crippen LogP contribution in [0.4, 0.5) is 0 Å². The fourth-order valence-electron chi connectivity index (χ4n) is 7.37. The third-order valence-electron chi connectivity index (χ3n) is 10.3. The molecule has 5 aromatic rings. The summed E-state index contributed by atoms with van der Waals surface area (Å²) >= 11 is 0. The Balaban J connectivity index is 0.000000568. The summed E-state index contributed by atoms with van der Waals surface area (Å²) in [5.41, 5.74) is 10.8. The second-order valence-corrected chi connectivity index (χ2v) is 21.4. The molecular weight excluding hydrogens is 851 g/mol. The zero-order valence-corrected chi connectivity index (χ0v) is 47.1. The molecule has 0 aliphatic rings. The second kappa shape index (κ2) is 27.1. The van der Waals surface area contributed by atoms with Crippen molar-refractivity contribution in [3.05, 3.63) is 124 Å². The van der Waals surface area contributed by atoms with E-state index in [0.717, 1.165) is 33.0 Å².